The zero-order chi connectivity index (χ0) is 19.1. The highest BCUT2D eigenvalue weighted by atomic mass is 16.5. The van der Waals surface area contributed by atoms with Gasteiger partial charge in [-0.05, 0) is 50.2 Å². The maximum atomic E-state index is 12.5. The molecular formula is C22H30N2O3. The highest BCUT2D eigenvalue weighted by Gasteiger charge is 2.33. The SMILES string of the molecule is COc1ccccc1CCNC(=O)C1CC(=O)N(CCC2=CCCCC2)C1. The summed E-state index contributed by atoms with van der Waals surface area (Å²) in [6, 6.07) is 7.83. The van der Waals surface area contributed by atoms with E-state index in [1.54, 1.807) is 7.11 Å². The summed E-state index contributed by atoms with van der Waals surface area (Å²) >= 11 is 0. The van der Waals surface area contributed by atoms with Gasteiger partial charge in [-0.25, -0.2) is 0 Å². The van der Waals surface area contributed by atoms with Gasteiger partial charge in [-0.2, -0.15) is 0 Å². The molecule has 0 aromatic heterocycles. The molecule has 3 rings (SSSR count). The molecule has 1 N–H and O–H groups in total. The lowest BCUT2D eigenvalue weighted by Gasteiger charge is -2.19. The molecule has 5 heteroatoms. The Morgan fingerprint density at radius 2 is 2.11 bits per heavy atom. The molecule has 0 radical (unpaired) electrons. The van der Waals surface area contributed by atoms with Gasteiger partial charge in [0.15, 0.2) is 0 Å². The Kier molecular flexibility index (Phi) is 6.91. The van der Waals surface area contributed by atoms with E-state index < -0.39 is 0 Å². The molecule has 2 aliphatic rings. The van der Waals surface area contributed by atoms with Gasteiger partial charge >= 0.3 is 0 Å². The van der Waals surface area contributed by atoms with E-state index in [0.29, 0.717) is 25.9 Å². The van der Waals surface area contributed by atoms with Gasteiger partial charge < -0.3 is 15.0 Å². The van der Waals surface area contributed by atoms with Crippen molar-refractivity contribution in [3.8, 4) is 5.75 Å². The Labute approximate surface area is 161 Å². The van der Waals surface area contributed by atoms with Crippen LogP contribution in [0, 0.1) is 5.92 Å². The second-order valence-corrected chi connectivity index (χ2v) is 7.45. The van der Waals surface area contributed by atoms with Crippen LogP contribution in [0.1, 0.15) is 44.1 Å². The third kappa shape index (κ3) is 5.34. The van der Waals surface area contributed by atoms with Crippen molar-refractivity contribution in [3.05, 3.63) is 41.5 Å². The van der Waals surface area contributed by atoms with Crippen molar-refractivity contribution >= 4 is 11.8 Å². The summed E-state index contributed by atoms with van der Waals surface area (Å²) in [4.78, 5) is 26.6. The van der Waals surface area contributed by atoms with Crippen LogP contribution in [0.4, 0.5) is 0 Å². The number of hydrogen-bond acceptors (Lipinski definition) is 3. The van der Waals surface area contributed by atoms with Crippen LogP contribution in [0.15, 0.2) is 35.9 Å². The van der Waals surface area contributed by atoms with Crippen molar-refractivity contribution < 1.29 is 14.3 Å². The minimum Gasteiger partial charge on any atom is -0.496 e. The molecule has 146 valence electrons. The van der Waals surface area contributed by atoms with E-state index in [-0.39, 0.29) is 17.7 Å². The summed E-state index contributed by atoms with van der Waals surface area (Å²) in [7, 11) is 1.65. The average Bonchev–Trinajstić information content (AvgIpc) is 3.08. The number of carbonyl (C=O) groups excluding carboxylic acids is 2. The van der Waals surface area contributed by atoms with Crippen LogP contribution < -0.4 is 10.1 Å². The molecular weight excluding hydrogens is 340 g/mol. The summed E-state index contributed by atoms with van der Waals surface area (Å²) in [5, 5.41) is 2.99. The lowest BCUT2D eigenvalue weighted by molar-refractivity contribution is -0.129. The maximum absolute atomic E-state index is 12.5. The number of nitrogens with zero attached hydrogens (tertiary/aromatic N) is 1. The van der Waals surface area contributed by atoms with Gasteiger partial charge in [0.05, 0.1) is 13.0 Å². The molecule has 27 heavy (non-hydrogen) atoms. The third-order valence-electron chi connectivity index (χ3n) is 5.56. The summed E-state index contributed by atoms with van der Waals surface area (Å²) in [5.74, 6) is 0.704. The molecule has 0 saturated carbocycles. The topological polar surface area (TPSA) is 58.6 Å². The fourth-order valence-corrected chi connectivity index (χ4v) is 3.95. The average molecular weight is 370 g/mol. The number of rotatable bonds is 8. The normalized spacial score (nSPS) is 19.7. The Bertz CT molecular complexity index is 699. The number of methoxy groups -OCH3 is 1. The van der Waals surface area contributed by atoms with Crippen LogP contribution in [0.2, 0.25) is 0 Å². The molecule has 0 bridgehead atoms. The molecule has 1 aromatic carbocycles. The van der Waals surface area contributed by atoms with Crippen molar-refractivity contribution in [2.75, 3.05) is 26.7 Å². The van der Waals surface area contributed by atoms with Gasteiger partial charge in [-0.1, -0.05) is 29.8 Å². The van der Waals surface area contributed by atoms with Crippen molar-refractivity contribution in [1.29, 1.82) is 0 Å². The van der Waals surface area contributed by atoms with E-state index in [1.165, 1.54) is 24.8 Å². The third-order valence-corrected chi connectivity index (χ3v) is 5.56. The van der Waals surface area contributed by atoms with E-state index >= 15 is 0 Å². The standard InChI is InChI=1S/C22H30N2O3/c1-27-20-10-6-5-9-18(20)11-13-23-22(26)19-15-21(25)24(16-19)14-12-17-7-3-2-4-8-17/h5-7,9-10,19H,2-4,8,11-16H2,1H3,(H,23,26). The second kappa shape index (κ2) is 9.58. The van der Waals surface area contributed by atoms with E-state index in [0.717, 1.165) is 30.7 Å². The molecule has 1 atom stereocenters. The van der Waals surface area contributed by atoms with Crippen molar-refractivity contribution in [2.45, 2.75) is 44.9 Å². The van der Waals surface area contributed by atoms with Crippen molar-refractivity contribution in [3.63, 3.8) is 0 Å². The van der Waals surface area contributed by atoms with E-state index in [1.807, 2.05) is 29.2 Å². The number of allylic oxidation sites excluding steroid dienone is 1. The summed E-state index contributed by atoms with van der Waals surface area (Å²) < 4.78 is 5.34. The molecule has 1 unspecified atom stereocenters. The Balaban J connectivity index is 1.42. The predicted molar refractivity (Wildman–Crippen MR) is 106 cm³/mol. The van der Waals surface area contributed by atoms with Gasteiger partial charge in [0.25, 0.3) is 0 Å². The summed E-state index contributed by atoms with van der Waals surface area (Å²) in [6.07, 6.45) is 9.20. The first-order valence-corrected chi connectivity index (χ1v) is 10.0. The highest BCUT2D eigenvalue weighted by molar-refractivity contribution is 5.89. The van der Waals surface area contributed by atoms with Crippen molar-refractivity contribution in [2.24, 2.45) is 5.92 Å². The number of hydrogen-bond donors (Lipinski definition) is 1. The largest absolute Gasteiger partial charge is 0.496 e. The number of carbonyl (C=O) groups is 2. The zero-order valence-corrected chi connectivity index (χ0v) is 16.2. The second-order valence-electron chi connectivity index (χ2n) is 7.45. The Morgan fingerprint density at radius 1 is 1.26 bits per heavy atom. The molecule has 1 aliphatic carbocycles. The number of likely N-dealkylation sites (tertiary alicyclic amines) is 1. The molecule has 5 nitrogen and oxygen atoms in total. The van der Waals surface area contributed by atoms with Gasteiger partial charge in [0.1, 0.15) is 5.75 Å². The summed E-state index contributed by atoms with van der Waals surface area (Å²) in [6.45, 7) is 1.85. The van der Waals surface area contributed by atoms with Crippen LogP contribution in [-0.4, -0.2) is 43.5 Å². The smallest absolute Gasteiger partial charge is 0.225 e. The monoisotopic (exact) mass is 370 g/mol. The van der Waals surface area contributed by atoms with Gasteiger partial charge in [0, 0.05) is 26.1 Å². The predicted octanol–water partition coefficient (Wildman–Crippen LogP) is 3.09. The van der Waals surface area contributed by atoms with Gasteiger partial charge in [-0.3, -0.25) is 9.59 Å². The first-order chi connectivity index (χ1) is 13.2. The lowest BCUT2D eigenvalue weighted by Crippen LogP contribution is -2.34. The first kappa shape index (κ1) is 19.5. The molecule has 1 fully saturated rings. The van der Waals surface area contributed by atoms with Crippen LogP contribution in [0.25, 0.3) is 0 Å². The van der Waals surface area contributed by atoms with Crippen LogP contribution in [0.3, 0.4) is 0 Å². The fourth-order valence-electron chi connectivity index (χ4n) is 3.95. The molecule has 1 saturated heterocycles. The van der Waals surface area contributed by atoms with E-state index in [2.05, 4.69) is 11.4 Å². The van der Waals surface area contributed by atoms with Gasteiger partial charge in [-0.15, -0.1) is 0 Å². The molecule has 0 spiro atoms. The molecule has 1 aromatic rings. The molecule has 1 aliphatic heterocycles. The minimum atomic E-state index is -0.226. The van der Waals surface area contributed by atoms with Crippen LogP contribution >= 0.6 is 0 Å². The number of amides is 2. The minimum absolute atomic E-state index is 0.0161. The highest BCUT2D eigenvalue weighted by Crippen LogP contribution is 2.23. The van der Waals surface area contributed by atoms with E-state index in [9.17, 15) is 9.59 Å². The Morgan fingerprint density at radius 3 is 2.89 bits per heavy atom. The number of ether oxygens (including phenoxy) is 1. The van der Waals surface area contributed by atoms with E-state index in [4.69, 9.17) is 4.74 Å². The molecule has 1 heterocycles. The van der Waals surface area contributed by atoms with Gasteiger partial charge in [0.2, 0.25) is 11.8 Å². The number of nitrogens with one attached hydrogen (secondary N) is 1. The fraction of sp³-hybridized carbons (Fsp3) is 0.545. The quantitative estimate of drug-likeness (QED) is 0.716. The Hall–Kier alpha value is -2.30. The number of benzene rings is 1. The van der Waals surface area contributed by atoms with Crippen LogP contribution in [0.5, 0.6) is 5.75 Å². The number of para-hydroxylation sites is 1. The maximum Gasteiger partial charge on any atom is 0.225 e. The van der Waals surface area contributed by atoms with Crippen LogP contribution in [-0.2, 0) is 16.0 Å². The summed E-state index contributed by atoms with van der Waals surface area (Å²) in [5.41, 5.74) is 2.55. The van der Waals surface area contributed by atoms with Crippen molar-refractivity contribution in [1.82, 2.24) is 10.2 Å². The molecule has 2 amide bonds. The zero-order valence-electron chi connectivity index (χ0n) is 16.2. The lowest BCUT2D eigenvalue weighted by atomic mass is 9.97. The first-order valence-electron chi connectivity index (χ1n) is 10.0.